The molecule has 2 heterocycles. The molecule has 3 aromatic rings. The first-order valence-corrected chi connectivity index (χ1v) is 10.1. The first-order valence-electron chi connectivity index (χ1n) is 9.21. The zero-order valence-electron chi connectivity index (χ0n) is 15.9. The highest BCUT2D eigenvalue weighted by molar-refractivity contribution is 7.13. The Morgan fingerprint density at radius 1 is 1.04 bits per heavy atom. The predicted molar refractivity (Wildman–Crippen MR) is 107 cm³/mol. The Labute approximate surface area is 159 Å². The molecule has 0 spiro atoms. The number of aromatic nitrogens is 2. The number of rotatable bonds is 8. The third-order valence-corrected chi connectivity index (χ3v) is 5.18. The minimum absolute atomic E-state index is 0.250. The summed E-state index contributed by atoms with van der Waals surface area (Å²) in [6, 6.07) is 13.2. The molecule has 1 aromatic carbocycles. The molecule has 26 heavy (non-hydrogen) atoms. The summed E-state index contributed by atoms with van der Waals surface area (Å²) in [4.78, 5) is 1.00. The van der Waals surface area contributed by atoms with Gasteiger partial charge in [-0.3, -0.25) is 0 Å². The van der Waals surface area contributed by atoms with Gasteiger partial charge in [0.2, 0.25) is 5.89 Å². The van der Waals surface area contributed by atoms with E-state index in [0.29, 0.717) is 30.2 Å². The van der Waals surface area contributed by atoms with E-state index in [1.54, 1.807) is 11.3 Å². The summed E-state index contributed by atoms with van der Waals surface area (Å²) in [7, 11) is 0. The van der Waals surface area contributed by atoms with Gasteiger partial charge in [0.1, 0.15) is 0 Å². The number of benzene rings is 1. The molecule has 4 nitrogen and oxygen atoms in total. The SMILES string of the molecule is CC(C)Cc1ccc(C(NCc2nnc(-c3cccs3)o2)C(C)C)cc1. The molecule has 3 rings (SSSR count). The Morgan fingerprint density at radius 2 is 1.81 bits per heavy atom. The minimum atomic E-state index is 0.250. The van der Waals surface area contributed by atoms with Crippen molar-refractivity contribution in [3.8, 4) is 10.8 Å². The highest BCUT2D eigenvalue weighted by Gasteiger charge is 2.17. The second-order valence-electron chi connectivity index (χ2n) is 7.42. The van der Waals surface area contributed by atoms with E-state index in [9.17, 15) is 0 Å². The van der Waals surface area contributed by atoms with Crippen LogP contribution in [0.5, 0.6) is 0 Å². The van der Waals surface area contributed by atoms with Gasteiger partial charge < -0.3 is 9.73 Å². The fraction of sp³-hybridized carbons (Fsp3) is 0.429. The van der Waals surface area contributed by atoms with Crippen molar-refractivity contribution >= 4 is 11.3 Å². The van der Waals surface area contributed by atoms with E-state index >= 15 is 0 Å². The van der Waals surface area contributed by atoms with Crippen LogP contribution >= 0.6 is 11.3 Å². The zero-order valence-corrected chi connectivity index (χ0v) is 16.7. The van der Waals surface area contributed by atoms with Crippen molar-refractivity contribution in [2.24, 2.45) is 11.8 Å². The lowest BCUT2D eigenvalue weighted by Crippen LogP contribution is -2.25. The molecule has 138 valence electrons. The molecule has 1 unspecified atom stereocenters. The van der Waals surface area contributed by atoms with E-state index in [2.05, 4.69) is 67.5 Å². The second-order valence-corrected chi connectivity index (χ2v) is 8.37. The van der Waals surface area contributed by atoms with Crippen LogP contribution in [-0.2, 0) is 13.0 Å². The Kier molecular flexibility index (Phi) is 6.22. The van der Waals surface area contributed by atoms with Crippen molar-refractivity contribution in [3.05, 3.63) is 58.8 Å². The van der Waals surface area contributed by atoms with Crippen LogP contribution in [0.15, 0.2) is 46.2 Å². The first-order chi connectivity index (χ1) is 12.5. The fourth-order valence-electron chi connectivity index (χ4n) is 3.09. The van der Waals surface area contributed by atoms with Crippen LogP contribution in [0.25, 0.3) is 10.8 Å². The predicted octanol–water partition coefficient (Wildman–Crippen LogP) is 5.48. The van der Waals surface area contributed by atoms with Crippen LogP contribution in [0.4, 0.5) is 0 Å². The molecule has 2 aromatic heterocycles. The quantitative estimate of drug-likeness (QED) is 0.571. The molecule has 0 amide bonds. The summed E-state index contributed by atoms with van der Waals surface area (Å²) in [5.74, 6) is 2.35. The number of hydrogen-bond donors (Lipinski definition) is 1. The molecule has 1 atom stereocenters. The van der Waals surface area contributed by atoms with Crippen LogP contribution < -0.4 is 5.32 Å². The van der Waals surface area contributed by atoms with Crippen molar-refractivity contribution in [2.75, 3.05) is 0 Å². The Hall–Kier alpha value is -1.98. The van der Waals surface area contributed by atoms with E-state index in [4.69, 9.17) is 4.42 Å². The summed E-state index contributed by atoms with van der Waals surface area (Å²) in [6.07, 6.45) is 1.12. The molecule has 0 radical (unpaired) electrons. The molecule has 0 aliphatic carbocycles. The Balaban J connectivity index is 1.65. The Bertz CT molecular complexity index is 791. The van der Waals surface area contributed by atoms with Gasteiger partial charge in [-0.05, 0) is 40.8 Å². The van der Waals surface area contributed by atoms with Crippen LogP contribution in [0, 0.1) is 11.8 Å². The van der Waals surface area contributed by atoms with Crippen molar-refractivity contribution in [1.82, 2.24) is 15.5 Å². The highest BCUT2D eigenvalue weighted by atomic mass is 32.1. The van der Waals surface area contributed by atoms with Crippen molar-refractivity contribution in [2.45, 2.75) is 46.7 Å². The standard InChI is InChI=1S/C21H27N3OS/c1-14(2)12-16-7-9-17(10-8-16)20(15(3)4)22-13-19-23-24-21(25-19)18-6-5-11-26-18/h5-11,14-15,20,22H,12-13H2,1-4H3. The average molecular weight is 370 g/mol. The van der Waals surface area contributed by atoms with Crippen LogP contribution in [0.3, 0.4) is 0 Å². The van der Waals surface area contributed by atoms with Crippen LogP contribution in [-0.4, -0.2) is 10.2 Å². The maximum absolute atomic E-state index is 5.78. The third kappa shape index (κ3) is 4.80. The van der Waals surface area contributed by atoms with Gasteiger partial charge in [0.05, 0.1) is 11.4 Å². The number of nitrogens with zero attached hydrogens (tertiary/aromatic N) is 2. The zero-order chi connectivity index (χ0) is 18.5. The minimum Gasteiger partial charge on any atom is -0.419 e. The van der Waals surface area contributed by atoms with Crippen molar-refractivity contribution in [3.63, 3.8) is 0 Å². The van der Waals surface area contributed by atoms with Gasteiger partial charge >= 0.3 is 0 Å². The van der Waals surface area contributed by atoms with Gasteiger partial charge in [0.25, 0.3) is 5.89 Å². The van der Waals surface area contributed by atoms with E-state index in [0.717, 1.165) is 11.3 Å². The van der Waals surface area contributed by atoms with Gasteiger partial charge in [0.15, 0.2) is 0 Å². The molecule has 0 saturated carbocycles. The lowest BCUT2D eigenvalue weighted by atomic mass is 9.94. The molecular weight excluding hydrogens is 342 g/mol. The van der Waals surface area contributed by atoms with Gasteiger partial charge in [-0.25, -0.2) is 0 Å². The monoisotopic (exact) mass is 369 g/mol. The van der Waals surface area contributed by atoms with Gasteiger partial charge in [-0.2, -0.15) is 0 Å². The molecule has 0 aliphatic rings. The summed E-state index contributed by atoms with van der Waals surface area (Å²) in [5, 5.41) is 13.9. The van der Waals surface area contributed by atoms with Gasteiger partial charge in [0, 0.05) is 6.04 Å². The summed E-state index contributed by atoms with van der Waals surface area (Å²) in [5.41, 5.74) is 2.69. The third-order valence-electron chi connectivity index (χ3n) is 4.32. The molecule has 5 heteroatoms. The Morgan fingerprint density at radius 3 is 2.42 bits per heavy atom. The van der Waals surface area contributed by atoms with E-state index in [-0.39, 0.29) is 6.04 Å². The molecule has 0 aliphatic heterocycles. The molecule has 0 bridgehead atoms. The fourth-order valence-corrected chi connectivity index (χ4v) is 3.74. The molecular formula is C21H27N3OS. The van der Waals surface area contributed by atoms with Gasteiger partial charge in [-0.1, -0.05) is 58.0 Å². The van der Waals surface area contributed by atoms with Crippen LogP contribution in [0.1, 0.15) is 50.8 Å². The van der Waals surface area contributed by atoms with Crippen molar-refractivity contribution < 1.29 is 4.42 Å². The maximum Gasteiger partial charge on any atom is 0.257 e. The lowest BCUT2D eigenvalue weighted by Gasteiger charge is -2.22. The smallest absolute Gasteiger partial charge is 0.257 e. The van der Waals surface area contributed by atoms with Crippen molar-refractivity contribution in [1.29, 1.82) is 0 Å². The van der Waals surface area contributed by atoms with E-state index in [1.165, 1.54) is 11.1 Å². The maximum atomic E-state index is 5.78. The summed E-state index contributed by atoms with van der Waals surface area (Å²) >= 11 is 1.60. The topological polar surface area (TPSA) is 51.0 Å². The first kappa shape index (κ1) is 18.8. The lowest BCUT2D eigenvalue weighted by molar-refractivity contribution is 0.380. The molecule has 0 saturated heterocycles. The second kappa shape index (κ2) is 8.60. The van der Waals surface area contributed by atoms with Crippen LogP contribution in [0.2, 0.25) is 0 Å². The van der Waals surface area contributed by atoms with E-state index in [1.807, 2.05) is 17.5 Å². The molecule has 0 fully saturated rings. The normalized spacial score (nSPS) is 12.8. The number of hydrogen-bond acceptors (Lipinski definition) is 5. The molecule has 1 N–H and O–H groups in total. The van der Waals surface area contributed by atoms with E-state index < -0.39 is 0 Å². The number of thiophene rings is 1. The largest absolute Gasteiger partial charge is 0.419 e. The number of nitrogens with one attached hydrogen (secondary N) is 1. The van der Waals surface area contributed by atoms with Gasteiger partial charge in [-0.15, -0.1) is 21.5 Å². The average Bonchev–Trinajstić information content (AvgIpc) is 3.26. The highest BCUT2D eigenvalue weighted by Crippen LogP contribution is 2.25. The summed E-state index contributed by atoms with van der Waals surface area (Å²) in [6.45, 7) is 9.52. The summed E-state index contributed by atoms with van der Waals surface area (Å²) < 4.78 is 5.78.